The zero-order valence-electron chi connectivity index (χ0n) is 13.3. The van der Waals surface area contributed by atoms with Gasteiger partial charge in [-0.25, -0.2) is 0 Å². The molecule has 3 N–H and O–H groups in total. The molecular weight excluding hydrogens is 286 g/mol. The second kappa shape index (κ2) is 8.63. The topological polar surface area (TPSA) is 61.7 Å². The van der Waals surface area contributed by atoms with Crippen molar-refractivity contribution in [1.82, 2.24) is 5.32 Å². The first-order valence-electron chi connectivity index (χ1n) is 7.15. The minimum Gasteiger partial charge on any atom is -0.490 e. The molecule has 2 atom stereocenters. The number of thioether (sulfide) groups is 1. The predicted molar refractivity (Wildman–Crippen MR) is 89.3 cm³/mol. The summed E-state index contributed by atoms with van der Waals surface area (Å²) in [5, 5.41) is 23.0. The molecule has 0 saturated heterocycles. The van der Waals surface area contributed by atoms with Crippen LogP contribution in [-0.2, 0) is 0 Å². The molecule has 0 radical (unpaired) electrons. The van der Waals surface area contributed by atoms with Gasteiger partial charge in [0.25, 0.3) is 0 Å². The first-order valence-corrected chi connectivity index (χ1v) is 8.54. The molecule has 0 aliphatic carbocycles. The van der Waals surface area contributed by atoms with Gasteiger partial charge in [-0.15, -0.1) is 0 Å². The average molecular weight is 313 g/mol. The molecule has 0 heterocycles. The summed E-state index contributed by atoms with van der Waals surface area (Å²) in [5.41, 5.74) is 1.38. The molecule has 0 aliphatic rings. The number of benzene rings is 1. The van der Waals surface area contributed by atoms with Gasteiger partial charge in [-0.05, 0) is 38.2 Å². The lowest BCUT2D eigenvalue weighted by Crippen LogP contribution is -2.43. The molecule has 120 valence electrons. The number of para-hydroxylation sites is 1. The summed E-state index contributed by atoms with van der Waals surface area (Å²) in [6.07, 6.45) is 1.36. The molecule has 0 amide bonds. The second-order valence-electron chi connectivity index (χ2n) is 5.75. The second-order valence-corrected chi connectivity index (χ2v) is 6.61. The van der Waals surface area contributed by atoms with Gasteiger partial charge in [0.15, 0.2) is 0 Å². The fourth-order valence-corrected chi connectivity index (χ4v) is 2.86. The van der Waals surface area contributed by atoms with E-state index in [-0.39, 0.29) is 6.61 Å². The van der Waals surface area contributed by atoms with Crippen molar-refractivity contribution < 1.29 is 14.9 Å². The van der Waals surface area contributed by atoms with Gasteiger partial charge in [0.1, 0.15) is 18.5 Å². The lowest BCUT2D eigenvalue weighted by molar-refractivity contribution is 0.0699. The molecule has 2 unspecified atom stereocenters. The summed E-state index contributed by atoms with van der Waals surface area (Å²) < 4.78 is 5.70. The zero-order valence-corrected chi connectivity index (χ0v) is 14.2. The molecule has 0 fully saturated rings. The molecule has 0 aromatic heterocycles. The predicted octanol–water partition coefficient (Wildman–Crippen LogP) is 1.75. The van der Waals surface area contributed by atoms with Gasteiger partial charge in [0.05, 0.1) is 5.60 Å². The Hall–Kier alpha value is -0.750. The lowest BCUT2D eigenvalue weighted by Gasteiger charge is -2.23. The van der Waals surface area contributed by atoms with Crippen molar-refractivity contribution in [2.24, 2.45) is 0 Å². The Morgan fingerprint density at radius 2 is 1.95 bits per heavy atom. The van der Waals surface area contributed by atoms with Crippen molar-refractivity contribution >= 4 is 11.8 Å². The van der Waals surface area contributed by atoms with E-state index in [4.69, 9.17) is 4.74 Å². The highest BCUT2D eigenvalue weighted by Gasteiger charge is 2.19. The van der Waals surface area contributed by atoms with E-state index in [0.29, 0.717) is 18.8 Å². The maximum absolute atomic E-state index is 10.0. The molecule has 1 rings (SSSR count). The maximum Gasteiger partial charge on any atom is 0.125 e. The van der Waals surface area contributed by atoms with Crippen LogP contribution in [-0.4, -0.2) is 53.6 Å². The van der Waals surface area contributed by atoms with E-state index in [0.717, 1.165) is 16.9 Å². The number of aryl methyl sites for hydroxylation is 2. The average Bonchev–Trinajstić information content (AvgIpc) is 2.37. The Kier molecular flexibility index (Phi) is 7.52. The van der Waals surface area contributed by atoms with Crippen molar-refractivity contribution in [3.05, 3.63) is 29.3 Å². The van der Waals surface area contributed by atoms with E-state index in [1.54, 1.807) is 18.7 Å². The van der Waals surface area contributed by atoms with Crippen molar-refractivity contribution in [2.75, 3.05) is 31.7 Å². The molecule has 0 bridgehead atoms. The molecule has 1 aromatic rings. The van der Waals surface area contributed by atoms with Gasteiger partial charge >= 0.3 is 0 Å². The summed E-state index contributed by atoms with van der Waals surface area (Å²) in [5.74, 6) is 1.50. The molecule has 1 aromatic carbocycles. The quantitative estimate of drug-likeness (QED) is 0.648. The smallest absolute Gasteiger partial charge is 0.125 e. The van der Waals surface area contributed by atoms with Crippen molar-refractivity contribution in [2.45, 2.75) is 32.5 Å². The minimum absolute atomic E-state index is 0.239. The lowest BCUT2D eigenvalue weighted by atomic mass is 10.1. The van der Waals surface area contributed by atoms with Gasteiger partial charge in [-0.1, -0.05) is 18.2 Å². The highest BCUT2D eigenvalue weighted by molar-refractivity contribution is 7.98. The third kappa shape index (κ3) is 6.70. The number of ether oxygens (including phenoxy) is 1. The fourth-order valence-electron chi connectivity index (χ4n) is 2.14. The van der Waals surface area contributed by atoms with E-state index >= 15 is 0 Å². The van der Waals surface area contributed by atoms with Crippen LogP contribution in [0.15, 0.2) is 18.2 Å². The van der Waals surface area contributed by atoms with Crippen molar-refractivity contribution in [3.8, 4) is 5.75 Å². The first kappa shape index (κ1) is 18.3. The third-order valence-electron chi connectivity index (χ3n) is 3.17. The van der Waals surface area contributed by atoms with Crippen LogP contribution in [0.1, 0.15) is 18.1 Å². The Morgan fingerprint density at radius 3 is 2.52 bits per heavy atom. The molecule has 21 heavy (non-hydrogen) atoms. The number of aliphatic hydroxyl groups excluding tert-OH is 1. The van der Waals surface area contributed by atoms with E-state index in [1.165, 1.54) is 0 Å². The minimum atomic E-state index is -0.757. The number of hydrogen-bond acceptors (Lipinski definition) is 5. The van der Waals surface area contributed by atoms with Crippen LogP contribution < -0.4 is 10.1 Å². The monoisotopic (exact) mass is 313 g/mol. The van der Waals surface area contributed by atoms with Crippen LogP contribution in [0.3, 0.4) is 0 Å². The van der Waals surface area contributed by atoms with Gasteiger partial charge in [-0.3, -0.25) is 0 Å². The number of rotatable bonds is 9. The van der Waals surface area contributed by atoms with Crippen molar-refractivity contribution in [1.29, 1.82) is 0 Å². The van der Waals surface area contributed by atoms with Gasteiger partial charge < -0.3 is 20.3 Å². The molecule has 0 saturated carbocycles. The van der Waals surface area contributed by atoms with Crippen LogP contribution in [0.25, 0.3) is 0 Å². The van der Waals surface area contributed by atoms with E-state index in [9.17, 15) is 10.2 Å². The molecule has 5 heteroatoms. The molecule has 0 spiro atoms. The van der Waals surface area contributed by atoms with Crippen LogP contribution in [0.4, 0.5) is 0 Å². The number of hydrogen-bond donors (Lipinski definition) is 3. The fraction of sp³-hybridized carbons (Fsp3) is 0.625. The zero-order chi connectivity index (χ0) is 15.9. The first-order chi connectivity index (χ1) is 9.85. The van der Waals surface area contributed by atoms with Gasteiger partial charge in [-0.2, -0.15) is 11.8 Å². The van der Waals surface area contributed by atoms with Crippen LogP contribution in [0, 0.1) is 13.8 Å². The summed E-state index contributed by atoms with van der Waals surface area (Å²) in [6, 6.07) is 5.97. The van der Waals surface area contributed by atoms with Gasteiger partial charge in [0.2, 0.25) is 0 Å². The van der Waals surface area contributed by atoms with Crippen LogP contribution in [0.5, 0.6) is 5.75 Å². The largest absolute Gasteiger partial charge is 0.490 e. The summed E-state index contributed by atoms with van der Waals surface area (Å²) in [4.78, 5) is 0. The SMILES string of the molecule is CSCC(C)(O)CNCC(O)COc1c(C)cccc1C. The number of aliphatic hydroxyl groups is 2. The van der Waals surface area contributed by atoms with E-state index < -0.39 is 11.7 Å². The third-order valence-corrected chi connectivity index (χ3v) is 4.08. The Morgan fingerprint density at radius 1 is 1.33 bits per heavy atom. The standard InChI is InChI=1S/C16H27NO3S/c1-12-6-5-7-13(2)15(12)20-9-14(18)8-17-10-16(3,19)11-21-4/h5-7,14,17-19H,8-11H2,1-4H3. The summed E-state index contributed by atoms with van der Waals surface area (Å²) in [6.45, 7) is 6.86. The Labute approximate surface area is 131 Å². The van der Waals surface area contributed by atoms with Crippen LogP contribution >= 0.6 is 11.8 Å². The summed E-state index contributed by atoms with van der Waals surface area (Å²) >= 11 is 1.60. The summed E-state index contributed by atoms with van der Waals surface area (Å²) in [7, 11) is 0. The van der Waals surface area contributed by atoms with Gasteiger partial charge in [0, 0.05) is 18.8 Å². The van der Waals surface area contributed by atoms with E-state index in [2.05, 4.69) is 5.32 Å². The molecular formula is C16H27NO3S. The van der Waals surface area contributed by atoms with Crippen LogP contribution in [0.2, 0.25) is 0 Å². The Bertz CT molecular complexity index is 417. The van der Waals surface area contributed by atoms with E-state index in [1.807, 2.05) is 38.3 Å². The maximum atomic E-state index is 10.0. The number of nitrogens with one attached hydrogen (secondary N) is 1. The highest BCUT2D eigenvalue weighted by atomic mass is 32.2. The highest BCUT2D eigenvalue weighted by Crippen LogP contribution is 2.22. The molecule has 0 aliphatic heterocycles. The van der Waals surface area contributed by atoms with Crippen molar-refractivity contribution in [3.63, 3.8) is 0 Å². The molecule has 4 nitrogen and oxygen atoms in total. The normalized spacial score (nSPS) is 15.5. The Balaban J connectivity index is 2.33.